The monoisotopic (exact) mass is 313 g/mol. The van der Waals surface area contributed by atoms with Crippen LogP contribution in [0.15, 0.2) is 22.7 Å². The minimum Gasteiger partial charge on any atom is -0.310 e. The van der Waals surface area contributed by atoms with Gasteiger partial charge in [0.1, 0.15) is 5.82 Å². The van der Waals surface area contributed by atoms with E-state index in [1.807, 2.05) is 6.07 Å². The van der Waals surface area contributed by atoms with E-state index < -0.39 is 0 Å². The van der Waals surface area contributed by atoms with E-state index >= 15 is 0 Å². The van der Waals surface area contributed by atoms with Gasteiger partial charge in [-0.15, -0.1) is 0 Å². The molecular formula is C15H21BrFN. The minimum absolute atomic E-state index is 0.174. The average Bonchev–Trinajstić information content (AvgIpc) is 2.66. The molecule has 3 unspecified atom stereocenters. The van der Waals surface area contributed by atoms with Crippen molar-refractivity contribution >= 4 is 15.9 Å². The largest absolute Gasteiger partial charge is 0.310 e. The maximum absolute atomic E-state index is 13.3. The predicted octanol–water partition coefficient (Wildman–Crippen LogP) is 4.50. The van der Waals surface area contributed by atoms with E-state index in [9.17, 15) is 4.39 Å². The molecule has 0 bridgehead atoms. The summed E-state index contributed by atoms with van der Waals surface area (Å²) in [5, 5.41) is 3.58. The first-order valence-corrected chi connectivity index (χ1v) is 7.57. The Hall–Kier alpha value is -0.410. The predicted molar refractivity (Wildman–Crippen MR) is 76.9 cm³/mol. The van der Waals surface area contributed by atoms with Crippen LogP contribution in [0.3, 0.4) is 0 Å². The average molecular weight is 314 g/mol. The summed E-state index contributed by atoms with van der Waals surface area (Å²) in [6.45, 7) is 5.36. The number of halogens is 2. The highest BCUT2D eigenvalue weighted by Crippen LogP contribution is 2.34. The van der Waals surface area contributed by atoms with Crippen LogP contribution < -0.4 is 5.32 Å². The van der Waals surface area contributed by atoms with Crippen molar-refractivity contribution in [2.24, 2.45) is 11.8 Å². The van der Waals surface area contributed by atoms with E-state index in [2.05, 4.69) is 35.1 Å². The van der Waals surface area contributed by atoms with Gasteiger partial charge >= 0.3 is 0 Å². The summed E-state index contributed by atoms with van der Waals surface area (Å²) in [5.74, 6) is 1.40. The Bertz CT molecular complexity index is 387. The molecule has 100 valence electrons. The number of nitrogens with one attached hydrogen (secondary N) is 1. The molecule has 0 heterocycles. The Morgan fingerprint density at radius 2 is 2.11 bits per heavy atom. The molecule has 3 atom stereocenters. The van der Waals surface area contributed by atoms with E-state index in [0.29, 0.717) is 6.04 Å². The van der Waals surface area contributed by atoms with Gasteiger partial charge in [-0.05, 0) is 48.4 Å². The van der Waals surface area contributed by atoms with Crippen LogP contribution in [0.1, 0.15) is 38.7 Å². The summed E-state index contributed by atoms with van der Waals surface area (Å²) in [6.07, 6.45) is 3.84. The highest BCUT2D eigenvalue weighted by atomic mass is 79.9. The first-order valence-electron chi connectivity index (χ1n) is 6.78. The van der Waals surface area contributed by atoms with Crippen molar-refractivity contribution in [3.63, 3.8) is 0 Å². The number of hydrogen-bond acceptors (Lipinski definition) is 1. The van der Waals surface area contributed by atoms with Gasteiger partial charge < -0.3 is 5.32 Å². The third-order valence-corrected chi connectivity index (χ3v) is 4.70. The van der Waals surface area contributed by atoms with Crippen LogP contribution in [0, 0.1) is 17.7 Å². The fourth-order valence-corrected chi connectivity index (χ4v) is 3.59. The molecule has 1 aliphatic rings. The Morgan fingerprint density at radius 1 is 1.33 bits per heavy atom. The fraction of sp³-hybridized carbons (Fsp3) is 0.600. The summed E-state index contributed by atoms with van der Waals surface area (Å²) < 4.78 is 14.1. The number of rotatable bonds is 4. The Balaban J connectivity index is 1.92. The molecule has 1 fully saturated rings. The van der Waals surface area contributed by atoms with Crippen LogP contribution in [0.2, 0.25) is 0 Å². The lowest BCUT2D eigenvalue weighted by Crippen LogP contribution is -2.32. The fourth-order valence-electron chi connectivity index (χ4n) is 3.07. The summed E-state index contributed by atoms with van der Waals surface area (Å²) in [6, 6.07) is 5.66. The molecule has 1 nitrogen and oxygen atoms in total. The first kappa shape index (κ1) is 14.0. The van der Waals surface area contributed by atoms with Crippen molar-refractivity contribution in [2.45, 2.75) is 45.7 Å². The zero-order valence-electron chi connectivity index (χ0n) is 11.0. The molecule has 18 heavy (non-hydrogen) atoms. The molecule has 1 aromatic rings. The van der Waals surface area contributed by atoms with Crippen LogP contribution in [0.4, 0.5) is 4.39 Å². The first-order chi connectivity index (χ1) is 8.60. The molecule has 0 amide bonds. The van der Waals surface area contributed by atoms with E-state index in [-0.39, 0.29) is 5.82 Å². The topological polar surface area (TPSA) is 12.0 Å². The molecule has 1 aromatic carbocycles. The van der Waals surface area contributed by atoms with Crippen molar-refractivity contribution in [1.29, 1.82) is 0 Å². The second-order valence-electron chi connectivity index (χ2n) is 5.37. The zero-order valence-corrected chi connectivity index (χ0v) is 12.6. The van der Waals surface area contributed by atoms with E-state index in [4.69, 9.17) is 0 Å². The highest BCUT2D eigenvalue weighted by Gasteiger charge is 2.30. The quantitative estimate of drug-likeness (QED) is 0.862. The van der Waals surface area contributed by atoms with Gasteiger partial charge in [-0.1, -0.05) is 36.2 Å². The molecule has 0 aliphatic heterocycles. The van der Waals surface area contributed by atoms with Gasteiger partial charge in [0, 0.05) is 17.1 Å². The van der Waals surface area contributed by atoms with E-state index in [1.54, 1.807) is 6.07 Å². The van der Waals surface area contributed by atoms with Gasteiger partial charge in [0.25, 0.3) is 0 Å². The van der Waals surface area contributed by atoms with Crippen LogP contribution in [-0.2, 0) is 6.54 Å². The molecule has 0 spiro atoms. The molecule has 3 heteroatoms. The molecular weight excluding hydrogens is 293 g/mol. The van der Waals surface area contributed by atoms with Crippen molar-refractivity contribution in [3.05, 3.63) is 34.1 Å². The summed E-state index contributed by atoms with van der Waals surface area (Å²) in [4.78, 5) is 0. The van der Waals surface area contributed by atoms with Gasteiger partial charge in [0.15, 0.2) is 0 Å². The van der Waals surface area contributed by atoms with Crippen LogP contribution in [-0.4, -0.2) is 6.04 Å². The van der Waals surface area contributed by atoms with E-state index in [0.717, 1.165) is 28.4 Å². The molecule has 1 saturated carbocycles. The second kappa shape index (κ2) is 6.16. The Labute approximate surface area is 117 Å². The van der Waals surface area contributed by atoms with Gasteiger partial charge in [0.05, 0.1) is 0 Å². The van der Waals surface area contributed by atoms with Gasteiger partial charge in [-0.25, -0.2) is 4.39 Å². The van der Waals surface area contributed by atoms with Crippen molar-refractivity contribution < 1.29 is 4.39 Å². The lowest BCUT2D eigenvalue weighted by atomic mass is 9.93. The lowest BCUT2D eigenvalue weighted by Gasteiger charge is -2.21. The third-order valence-electron chi connectivity index (χ3n) is 4.24. The van der Waals surface area contributed by atoms with Gasteiger partial charge in [-0.2, -0.15) is 0 Å². The summed E-state index contributed by atoms with van der Waals surface area (Å²) >= 11 is 3.33. The second-order valence-corrected chi connectivity index (χ2v) is 6.29. The highest BCUT2D eigenvalue weighted by molar-refractivity contribution is 9.10. The minimum atomic E-state index is -0.174. The van der Waals surface area contributed by atoms with Crippen LogP contribution in [0.25, 0.3) is 0 Å². The normalized spacial score (nSPS) is 27.7. The molecule has 0 radical (unpaired) electrons. The van der Waals surface area contributed by atoms with Gasteiger partial charge in [0.2, 0.25) is 0 Å². The molecule has 0 saturated heterocycles. The van der Waals surface area contributed by atoms with Crippen molar-refractivity contribution in [2.75, 3.05) is 0 Å². The third kappa shape index (κ3) is 3.33. The molecule has 0 aromatic heterocycles. The van der Waals surface area contributed by atoms with Crippen molar-refractivity contribution in [1.82, 2.24) is 5.32 Å². The molecule has 1 aliphatic carbocycles. The molecule has 1 N–H and O–H groups in total. The number of benzene rings is 1. The summed E-state index contributed by atoms with van der Waals surface area (Å²) in [5.41, 5.74) is 1.01. The number of hydrogen-bond donors (Lipinski definition) is 1. The lowest BCUT2D eigenvalue weighted by molar-refractivity contribution is 0.344. The standard InChI is InChI=1S/C15H21BrFN/c1-3-12-4-5-15(10(12)2)18-9-11-6-13(16)8-14(17)7-11/h6-8,10,12,15,18H,3-5,9H2,1-2H3. The van der Waals surface area contributed by atoms with Crippen LogP contribution >= 0.6 is 15.9 Å². The molecule has 2 rings (SSSR count). The van der Waals surface area contributed by atoms with Crippen LogP contribution in [0.5, 0.6) is 0 Å². The zero-order chi connectivity index (χ0) is 13.1. The van der Waals surface area contributed by atoms with E-state index in [1.165, 1.54) is 25.3 Å². The maximum atomic E-state index is 13.3. The smallest absolute Gasteiger partial charge is 0.124 e. The summed E-state index contributed by atoms with van der Waals surface area (Å²) in [7, 11) is 0. The van der Waals surface area contributed by atoms with Crippen molar-refractivity contribution in [3.8, 4) is 0 Å². The maximum Gasteiger partial charge on any atom is 0.124 e. The Morgan fingerprint density at radius 3 is 2.72 bits per heavy atom. The SMILES string of the molecule is CCC1CCC(NCc2cc(F)cc(Br)c2)C1C. The van der Waals surface area contributed by atoms with Gasteiger partial charge in [-0.3, -0.25) is 0 Å². The Kier molecular flexibility index (Phi) is 4.79.